The monoisotopic (exact) mass is 376 g/mol. The average molecular weight is 376 g/mol. The minimum Gasteiger partial charge on any atom is -0.361 e. The highest BCUT2D eigenvalue weighted by molar-refractivity contribution is 5.91. The summed E-state index contributed by atoms with van der Waals surface area (Å²) in [5, 5.41) is 8.19. The second kappa shape index (κ2) is 7.31. The zero-order valence-electron chi connectivity index (χ0n) is 15.8. The molecule has 2 aromatic heterocycles. The standard InChI is InChI=1S/C22H21FN4O/c1-14-11-15(2)27(26-14)21-9-8-17(12-19(21)23)25-22(28)10-7-16-13-24-20-6-4-3-5-18(16)20/h3-6,8-9,11-13,24H,7,10H2,1-2H3,(H,25,28). The molecular weight excluding hydrogens is 355 g/mol. The highest BCUT2D eigenvalue weighted by atomic mass is 19.1. The van der Waals surface area contributed by atoms with E-state index in [-0.39, 0.29) is 5.91 Å². The second-order valence-corrected chi connectivity index (χ2v) is 6.91. The number of carbonyl (C=O) groups is 1. The van der Waals surface area contributed by atoms with Gasteiger partial charge in [-0.3, -0.25) is 4.79 Å². The fourth-order valence-electron chi connectivity index (χ4n) is 3.44. The van der Waals surface area contributed by atoms with Gasteiger partial charge in [0.25, 0.3) is 0 Å². The van der Waals surface area contributed by atoms with E-state index in [1.165, 1.54) is 6.07 Å². The van der Waals surface area contributed by atoms with Crippen LogP contribution < -0.4 is 5.32 Å². The van der Waals surface area contributed by atoms with Crippen molar-refractivity contribution in [2.75, 3.05) is 5.32 Å². The number of anilines is 1. The molecule has 0 saturated heterocycles. The van der Waals surface area contributed by atoms with Crippen LogP contribution in [-0.2, 0) is 11.2 Å². The number of carbonyl (C=O) groups excluding carboxylic acids is 1. The van der Waals surface area contributed by atoms with E-state index in [2.05, 4.69) is 15.4 Å². The summed E-state index contributed by atoms with van der Waals surface area (Å²) in [5.41, 5.74) is 4.63. The lowest BCUT2D eigenvalue weighted by Gasteiger charge is -2.09. The average Bonchev–Trinajstić information content (AvgIpc) is 3.23. The zero-order chi connectivity index (χ0) is 19.7. The zero-order valence-corrected chi connectivity index (χ0v) is 15.8. The summed E-state index contributed by atoms with van der Waals surface area (Å²) in [6.07, 6.45) is 2.87. The van der Waals surface area contributed by atoms with Crippen molar-refractivity contribution in [3.05, 3.63) is 77.5 Å². The van der Waals surface area contributed by atoms with Gasteiger partial charge in [0.2, 0.25) is 5.91 Å². The van der Waals surface area contributed by atoms with Crippen LogP contribution in [-0.4, -0.2) is 20.7 Å². The minimum absolute atomic E-state index is 0.149. The van der Waals surface area contributed by atoms with E-state index < -0.39 is 5.82 Å². The first-order valence-electron chi connectivity index (χ1n) is 9.19. The molecule has 0 unspecified atom stereocenters. The maximum atomic E-state index is 14.5. The molecule has 6 heteroatoms. The number of H-pyrrole nitrogens is 1. The van der Waals surface area contributed by atoms with Crippen LogP contribution in [0.25, 0.3) is 16.6 Å². The molecule has 0 atom stereocenters. The number of aromatic nitrogens is 3. The largest absolute Gasteiger partial charge is 0.361 e. The number of benzene rings is 2. The van der Waals surface area contributed by atoms with E-state index in [0.717, 1.165) is 27.9 Å². The molecule has 2 aromatic carbocycles. The molecule has 0 aliphatic rings. The maximum absolute atomic E-state index is 14.5. The molecule has 1 amide bonds. The predicted molar refractivity (Wildman–Crippen MR) is 108 cm³/mol. The van der Waals surface area contributed by atoms with Crippen LogP contribution in [0.4, 0.5) is 10.1 Å². The smallest absolute Gasteiger partial charge is 0.224 e. The molecule has 0 radical (unpaired) electrons. The molecule has 28 heavy (non-hydrogen) atoms. The second-order valence-electron chi connectivity index (χ2n) is 6.91. The summed E-state index contributed by atoms with van der Waals surface area (Å²) < 4.78 is 16.1. The van der Waals surface area contributed by atoms with Crippen LogP contribution >= 0.6 is 0 Å². The summed E-state index contributed by atoms with van der Waals surface area (Å²) in [6, 6.07) is 14.5. The fourth-order valence-corrected chi connectivity index (χ4v) is 3.44. The molecular formula is C22H21FN4O. The number of amides is 1. The molecule has 0 bridgehead atoms. The fraction of sp³-hybridized carbons (Fsp3) is 0.182. The van der Waals surface area contributed by atoms with E-state index in [1.54, 1.807) is 16.8 Å². The first kappa shape index (κ1) is 18.0. The van der Waals surface area contributed by atoms with Gasteiger partial charge in [-0.05, 0) is 56.2 Å². The highest BCUT2D eigenvalue weighted by Gasteiger charge is 2.12. The van der Waals surface area contributed by atoms with E-state index in [4.69, 9.17) is 0 Å². The van der Waals surface area contributed by atoms with Crippen molar-refractivity contribution >= 4 is 22.5 Å². The van der Waals surface area contributed by atoms with Crippen LogP contribution in [0.5, 0.6) is 0 Å². The van der Waals surface area contributed by atoms with Crippen molar-refractivity contribution in [2.24, 2.45) is 0 Å². The van der Waals surface area contributed by atoms with Crippen molar-refractivity contribution in [1.82, 2.24) is 14.8 Å². The molecule has 4 aromatic rings. The number of hydrogen-bond donors (Lipinski definition) is 2. The molecule has 2 heterocycles. The summed E-state index contributed by atoms with van der Waals surface area (Å²) >= 11 is 0. The minimum atomic E-state index is -0.430. The predicted octanol–water partition coefficient (Wildman–Crippen LogP) is 4.68. The molecule has 142 valence electrons. The summed E-state index contributed by atoms with van der Waals surface area (Å²) in [5.74, 6) is -0.579. The normalized spacial score (nSPS) is 11.1. The lowest BCUT2D eigenvalue weighted by Crippen LogP contribution is -2.13. The van der Waals surface area contributed by atoms with Gasteiger partial charge in [-0.1, -0.05) is 18.2 Å². The van der Waals surface area contributed by atoms with Gasteiger partial charge in [0.1, 0.15) is 5.69 Å². The third-order valence-electron chi connectivity index (χ3n) is 4.77. The molecule has 0 saturated carbocycles. The van der Waals surface area contributed by atoms with Crippen molar-refractivity contribution < 1.29 is 9.18 Å². The number of nitrogens with zero attached hydrogens (tertiary/aromatic N) is 2. The lowest BCUT2D eigenvalue weighted by molar-refractivity contribution is -0.116. The van der Waals surface area contributed by atoms with Crippen LogP contribution in [0.3, 0.4) is 0 Å². The number of para-hydroxylation sites is 1. The number of halogens is 1. The van der Waals surface area contributed by atoms with E-state index in [1.807, 2.05) is 50.4 Å². The Hall–Kier alpha value is -3.41. The van der Waals surface area contributed by atoms with E-state index >= 15 is 0 Å². The van der Waals surface area contributed by atoms with Crippen LogP contribution in [0.2, 0.25) is 0 Å². The van der Waals surface area contributed by atoms with E-state index in [0.29, 0.717) is 24.2 Å². The summed E-state index contributed by atoms with van der Waals surface area (Å²) in [4.78, 5) is 15.5. The van der Waals surface area contributed by atoms with Gasteiger partial charge in [0.05, 0.1) is 5.69 Å². The van der Waals surface area contributed by atoms with Gasteiger partial charge >= 0.3 is 0 Å². The number of rotatable bonds is 5. The summed E-state index contributed by atoms with van der Waals surface area (Å²) in [7, 11) is 0. The van der Waals surface area contributed by atoms with Gasteiger partial charge in [-0.2, -0.15) is 5.10 Å². The Morgan fingerprint density at radius 2 is 2.00 bits per heavy atom. The maximum Gasteiger partial charge on any atom is 0.224 e. The number of hydrogen-bond acceptors (Lipinski definition) is 2. The molecule has 5 nitrogen and oxygen atoms in total. The van der Waals surface area contributed by atoms with Crippen molar-refractivity contribution in [3.63, 3.8) is 0 Å². The van der Waals surface area contributed by atoms with Gasteiger partial charge in [0.15, 0.2) is 5.82 Å². The first-order valence-corrected chi connectivity index (χ1v) is 9.19. The number of aryl methyl sites for hydroxylation is 3. The Kier molecular flexibility index (Phi) is 4.69. The van der Waals surface area contributed by atoms with Gasteiger partial charge in [-0.15, -0.1) is 0 Å². The van der Waals surface area contributed by atoms with Crippen molar-refractivity contribution in [2.45, 2.75) is 26.7 Å². The van der Waals surface area contributed by atoms with Crippen LogP contribution in [0.15, 0.2) is 54.7 Å². The van der Waals surface area contributed by atoms with E-state index in [9.17, 15) is 9.18 Å². The highest BCUT2D eigenvalue weighted by Crippen LogP contribution is 2.21. The summed E-state index contributed by atoms with van der Waals surface area (Å²) in [6.45, 7) is 3.74. The lowest BCUT2D eigenvalue weighted by atomic mass is 10.1. The SMILES string of the molecule is Cc1cc(C)n(-c2ccc(NC(=O)CCc3c[nH]c4ccccc34)cc2F)n1. The molecule has 0 fully saturated rings. The third kappa shape index (κ3) is 3.53. The first-order chi connectivity index (χ1) is 13.5. The topological polar surface area (TPSA) is 62.7 Å². The Morgan fingerprint density at radius 1 is 1.18 bits per heavy atom. The Labute approximate surface area is 162 Å². The quantitative estimate of drug-likeness (QED) is 0.531. The van der Waals surface area contributed by atoms with Crippen LogP contribution in [0, 0.1) is 19.7 Å². The molecule has 0 aliphatic heterocycles. The van der Waals surface area contributed by atoms with Crippen molar-refractivity contribution in [3.8, 4) is 5.69 Å². The number of fused-ring (bicyclic) bond motifs is 1. The number of nitrogens with one attached hydrogen (secondary N) is 2. The van der Waals surface area contributed by atoms with Crippen molar-refractivity contribution in [1.29, 1.82) is 0 Å². The van der Waals surface area contributed by atoms with Gasteiger partial charge in [0, 0.05) is 34.9 Å². The third-order valence-corrected chi connectivity index (χ3v) is 4.77. The molecule has 2 N–H and O–H groups in total. The Balaban J connectivity index is 1.43. The van der Waals surface area contributed by atoms with Crippen LogP contribution in [0.1, 0.15) is 23.4 Å². The molecule has 0 spiro atoms. The van der Waals surface area contributed by atoms with Gasteiger partial charge < -0.3 is 10.3 Å². The van der Waals surface area contributed by atoms with Gasteiger partial charge in [-0.25, -0.2) is 9.07 Å². The molecule has 4 rings (SSSR count). The Bertz CT molecular complexity index is 1160. The molecule has 0 aliphatic carbocycles. The Morgan fingerprint density at radius 3 is 2.75 bits per heavy atom. The number of aromatic amines is 1.